The van der Waals surface area contributed by atoms with Crippen molar-refractivity contribution in [2.24, 2.45) is 5.41 Å². The van der Waals surface area contributed by atoms with Crippen molar-refractivity contribution in [2.75, 3.05) is 6.54 Å². The van der Waals surface area contributed by atoms with Crippen molar-refractivity contribution in [3.63, 3.8) is 0 Å². The lowest BCUT2D eigenvalue weighted by atomic mass is 9.83. The second kappa shape index (κ2) is 4.17. The molecule has 1 heterocycles. The number of hydrogen-bond donors (Lipinski definition) is 0. The summed E-state index contributed by atoms with van der Waals surface area (Å²) in [5.74, 6) is 0. The van der Waals surface area contributed by atoms with Gasteiger partial charge >= 0.3 is 0 Å². The van der Waals surface area contributed by atoms with Gasteiger partial charge in [0.1, 0.15) is 0 Å². The molecule has 0 radical (unpaired) electrons. The SMILES string of the molecule is C/C=C/N1CCCC(C)(C)CC1C. The molecule has 76 valence electrons. The molecule has 1 nitrogen and oxygen atoms in total. The van der Waals surface area contributed by atoms with Gasteiger partial charge in [-0.25, -0.2) is 0 Å². The van der Waals surface area contributed by atoms with Gasteiger partial charge < -0.3 is 4.90 Å². The Bertz CT molecular complexity index is 182. The Kier molecular flexibility index (Phi) is 3.40. The number of allylic oxidation sites excluding steroid dienone is 1. The maximum atomic E-state index is 2.48. The number of nitrogens with zero attached hydrogens (tertiary/aromatic N) is 1. The molecule has 13 heavy (non-hydrogen) atoms. The predicted octanol–water partition coefficient (Wildman–Crippen LogP) is 3.42. The van der Waals surface area contributed by atoms with Crippen LogP contribution >= 0.6 is 0 Å². The fourth-order valence-electron chi connectivity index (χ4n) is 2.39. The summed E-state index contributed by atoms with van der Waals surface area (Å²) in [7, 11) is 0. The van der Waals surface area contributed by atoms with Gasteiger partial charge in [-0.05, 0) is 44.7 Å². The molecule has 0 aromatic rings. The molecule has 1 aliphatic rings. The molecular weight excluding hydrogens is 158 g/mol. The first-order chi connectivity index (χ1) is 6.05. The van der Waals surface area contributed by atoms with Gasteiger partial charge in [0.2, 0.25) is 0 Å². The van der Waals surface area contributed by atoms with Gasteiger partial charge in [-0.2, -0.15) is 0 Å². The first-order valence-electron chi connectivity index (χ1n) is 5.44. The van der Waals surface area contributed by atoms with E-state index >= 15 is 0 Å². The molecule has 0 aromatic carbocycles. The van der Waals surface area contributed by atoms with E-state index in [-0.39, 0.29) is 0 Å². The van der Waals surface area contributed by atoms with Crippen LogP contribution in [0, 0.1) is 5.41 Å². The maximum absolute atomic E-state index is 2.48. The predicted molar refractivity (Wildman–Crippen MR) is 58.6 cm³/mol. The lowest BCUT2D eigenvalue weighted by Gasteiger charge is -2.29. The van der Waals surface area contributed by atoms with Crippen molar-refractivity contribution in [3.05, 3.63) is 12.3 Å². The zero-order chi connectivity index (χ0) is 9.90. The molecular formula is C12H23N. The van der Waals surface area contributed by atoms with Gasteiger partial charge in [0.15, 0.2) is 0 Å². The molecule has 1 saturated heterocycles. The Hall–Kier alpha value is -0.460. The highest BCUT2D eigenvalue weighted by Gasteiger charge is 2.26. The average Bonchev–Trinajstić information content (AvgIpc) is 2.11. The largest absolute Gasteiger partial charge is 0.375 e. The highest BCUT2D eigenvalue weighted by atomic mass is 15.1. The van der Waals surface area contributed by atoms with Crippen LogP contribution in [0.5, 0.6) is 0 Å². The maximum Gasteiger partial charge on any atom is 0.0261 e. The summed E-state index contributed by atoms with van der Waals surface area (Å²) >= 11 is 0. The molecule has 0 spiro atoms. The second-order valence-electron chi connectivity index (χ2n) is 5.04. The van der Waals surface area contributed by atoms with E-state index in [2.05, 4.69) is 44.9 Å². The first kappa shape index (κ1) is 10.6. The highest BCUT2D eigenvalue weighted by molar-refractivity contribution is 4.88. The summed E-state index contributed by atoms with van der Waals surface area (Å²) < 4.78 is 0. The lowest BCUT2D eigenvalue weighted by Crippen LogP contribution is -2.29. The van der Waals surface area contributed by atoms with Crippen LogP contribution in [-0.2, 0) is 0 Å². The third-order valence-corrected chi connectivity index (χ3v) is 3.02. The Labute approximate surface area is 82.8 Å². The van der Waals surface area contributed by atoms with Gasteiger partial charge in [-0.15, -0.1) is 0 Å². The molecule has 0 aliphatic carbocycles. The zero-order valence-electron chi connectivity index (χ0n) is 9.51. The van der Waals surface area contributed by atoms with E-state index in [1.807, 2.05) is 0 Å². The van der Waals surface area contributed by atoms with Gasteiger partial charge in [-0.3, -0.25) is 0 Å². The van der Waals surface area contributed by atoms with Gasteiger partial charge in [0, 0.05) is 12.6 Å². The van der Waals surface area contributed by atoms with Gasteiger partial charge in [-0.1, -0.05) is 19.9 Å². The van der Waals surface area contributed by atoms with E-state index in [0.717, 1.165) is 0 Å². The van der Waals surface area contributed by atoms with Crippen LogP contribution in [0.4, 0.5) is 0 Å². The summed E-state index contributed by atoms with van der Waals surface area (Å²) in [4.78, 5) is 2.48. The Balaban J connectivity index is 2.62. The van der Waals surface area contributed by atoms with Crippen molar-refractivity contribution >= 4 is 0 Å². The Morgan fingerprint density at radius 2 is 2.08 bits per heavy atom. The molecule has 1 atom stereocenters. The Morgan fingerprint density at radius 3 is 2.69 bits per heavy atom. The first-order valence-corrected chi connectivity index (χ1v) is 5.44. The number of likely N-dealkylation sites (tertiary alicyclic amines) is 1. The van der Waals surface area contributed by atoms with Gasteiger partial charge in [0.05, 0.1) is 0 Å². The smallest absolute Gasteiger partial charge is 0.0261 e. The van der Waals surface area contributed by atoms with Crippen molar-refractivity contribution < 1.29 is 0 Å². The topological polar surface area (TPSA) is 3.24 Å². The van der Waals surface area contributed by atoms with Gasteiger partial charge in [0.25, 0.3) is 0 Å². The molecule has 1 fully saturated rings. The lowest BCUT2D eigenvalue weighted by molar-refractivity contribution is 0.243. The molecule has 0 N–H and O–H groups in total. The number of hydrogen-bond acceptors (Lipinski definition) is 1. The average molecular weight is 181 g/mol. The van der Waals surface area contributed by atoms with E-state index < -0.39 is 0 Å². The zero-order valence-corrected chi connectivity index (χ0v) is 9.51. The quantitative estimate of drug-likeness (QED) is 0.599. The molecule has 0 bridgehead atoms. The van der Waals surface area contributed by atoms with E-state index in [1.165, 1.54) is 25.8 Å². The molecule has 1 heteroatoms. The van der Waals surface area contributed by atoms with E-state index in [4.69, 9.17) is 0 Å². The standard InChI is InChI=1S/C12H23N/c1-5-8-13-9-6-7-12(3,4)10-11(13)2/h5,8,11H,6-7,9-10H2,1-4H3/b8-5+. The second-order valence-corrected chi connectivity index (χ2v) is 5.04. The van der Waals surface area contributed by atoms with Crippen LogP contribution in [0.2, 0.25) is 0 Å². The van der Waals surface area contributed by atoms with Crippen LogP contribution in [-0.4, -0.2) is 17.5 Å². The molecule has 1 unspecified atom stereocenters. The van der Waals surface area contributed by atoms with E-state index in [9.17, 15) is 0 Å². The van der Waals surface area contributed by atoms with Crippen molar-refractivity contribution in [1.29, 1.82) is 0 Å². The van der Waals surface area contributed by atoms with Crippen LogP contribution in [0.15, 0.2) is 12.3 Å². The summed E-state index contributed by atoms with van der Waals surface area (Å²) in [6, 6.07) is 0.702. The minimum absolute atomic E-state index is 0.537. The minimum atomic E-state index is 0.537. The molecule has 1 rings (SSSR count). The normalized spacial score (nSPS) is 29.2. The molecule has 0 saturated carbocycles. The summed E-state index contributed by atoms with van der Waals surface area (Å²) in [6.45, 7) is 10.5. The molecule has 0 aromatic heterocycles. The van der Waals surface area contributed by atoms with E-state index in [1.54, 1.807) is 0 Å². The van der Waals surface area contributed by atoms with Crippen LogP contribution in [0.1, 0.15) is 47.0 Å². The van der Waals surface area contributed by atoms with Crippen molar-refractivity contribution in [2.45, 2.75) is 53.0 Å². The molecule has 1 aliphatic heterocycles. The van der Waals surface area contributed by atoms with Crippen molar-refractivity contribution in [3.8, 4) is 0 Å². The molecule has 0 amide bonds. The minimum Gasteiger partial charge on any atom is -0.375 e. The van der Waals surface area contributed by atoms with E-state index in [0.29, 0.717) is 11.5 Å². The monoisotopic (exact) mass is 181 g/mol. The van der Waals surface area contributed by atoms with Crippen LogP contribution in [0.25, 0.3) is 0 Å². The third kappa shape index (κ3) is 3.06. The fraction of sp³-hybridized carbons (Fsp3) is 0.833. The highest BCUT2D eigenvalue weighted by Crippen LogP contribution is 2.33. The third-order valence-electron chi connectivity index (χ3n) is 3.02. The Morgan fingerprint density at radius 1 is 1.38 bits per heavy atom. The van der Waals surface area contributed by atoms with Crippen LogP contribution in [0.3, 0.4) is 0 Å². The fourth-order valence-corrected chi connectivity index (χ4v) is 2.39. The number of rotatable bonds is 1. The summed E-state index contributed by atoms with van der Waals surface area (Å²) in [6.07, 6.45) is 8.41. The van der Waals surface area contributed by atoms with Crippen LogP contribution < -0.4 is 0 Å². The summed E-state index contributed by atoms with van der Waals surface area (Å²) in [5.41, 5.74) is 0.537. The van der Waals surface area contributed by atoms with Crippen molar-refractivity contribution in [1.82, 2.24) is 4.90 Å². The summed E-state index contributed by atoms with van der Waals surface area (Å²) in [5, 5.41) is 0.